The molecule has 2 aromatic rings. The third-order valence-electron chi connectivity index (χ3n) is 3.07. The third-order valence-corrected chi connectivity index (χ3v) is 4.18. The number of rotatable bonds is 2. The van der Waals surface area contributed by atoms with Crippen molar-refractivity contribution in [2.45, 2.75) is 26.8 Å². The topological polar surface area (TPSA) is 26.0 Å². The lowest BCUT2D eigenvalue weighted by Gasteiger charge is -2.13. The predicted octanol–water partition coefficient (Wildman–Crippen LogP) is 3.72. The van der Waals surface area contributed by atoms with Gasteiger partial charge in [0.15, 0.2) is 0 Å². The summed E-state index contributed by atoms with van der Waals surface area (Å²) in [7, 11) is 0. The van der Waals surface area contributed by atoms with E-state index in [9.17, 15) is 0 Å². The molecule has 1 aromatic carbocycles. The normalized spacial score (nSPS) is 12.8. The minimum Gasteiger partial charge on any atom is -0.320 e. The summed E-state index contributed by atoms with van der Waals surface area (Å²) in [5, 5.41) is 2.10. The van der Waals surface area contributed by atoms with Crippen molar-refractivity contribution in [1.29, 1.82) is 0 Å². The van der Waals surface area contributed by atoms with E-state index in [1.54, 1.807) is 11.3 Å². The summed E-state index contributed by atoms with van der Waals surface area (Å²) >= 11 is 1.74. The Hall–Kier alpha value is -1.12. The first-order valence-corrected chi connectivity index (χ1v) is 6.34. The van der Waals surface area contributed by atoms with E-state index in [4.69, 9.17) is 5.73 Å². The molecule has 1 nitrogen and oxygen atoms in total. The monoisotopic (exact) mass is 231 g/mol. The lowest BCUT2D eigenvalue weighted by atomic mass is 9.99. The number of thiophene rings is 1. The molecule has 0 spiro atoms. The Balaban J connectivity index is 2.38. The summed E-state index contributed by atoms with van der Waals surface area (Å²) in [4.78, 5) is 1.27. The summed E-state index contributed by atoms with van der Waals surface area (Å²) in [5.41, 5.74) is 11.4. The molecule has 1 heterocycles. The molecule has 2 N–H and O–H groups in total. The van der Waals surface area contributed by atoms with Gasteiger partial charge in [0.25, 0.3) is 0 Å². The minimum atomic E-state index is 0.0132. The van der Waals surface area contributed by atoms with Gasteiger partial charge in [0.05, 0.1) is 6.04 Å². The van der Waals surface area contributed by atoms with Crippen molar-refractivity contribution in [1.82, 2.24) is 0 Å². The van der Waals surface area contributed by atoms with Gasteiger partial charge in [-0.2, -0.15) is 0 Å². The van der Waals surface area contributed by atoms with Crippen LogP contribution in [0.2, 0.25) is 0 Å². The number of hydrogen-bond donors (Lipinski definition) is 1. The molecule has 0 saturated heterocycles. The van der Waals surface area contributed by atoms with Gasteiger partial charge in [0.2, 0.25) is 0 Å². The second kappa shape index (κ2) is 4.40. The van der Waals surface area contributed by atoms with Crippen molar-refractivity contribution < 1.29 is 0 Å². The Morgan fingerprint density at radius 2 is 1.75 bits per heavy atom. The molecule has 0 amide bonds. The SMILES string of the molecule is Cc1ccc(C(N)c2sccc2C)cc1C. The predicted molar refractivity (Wildman–Crippen MR) is 71.0 cm³/mol. The fraction of sp³-hybridized carbons (Fsp3) is 0.286. The maximum absolute atomic E-state index is 6.29. The van der Waals surface area contributed by atoms with E-state index in [0.29, 0.717) is 0 Å². The average Bonchev–Trinajstić information content (AvgIpc) is 2.67. The van der Waals surface area contributed by atoms with E-state index < -0.39 is 0 Å². The summed E-state index contributed by atoms with van der Waals surface area (Å²) in [6, 6.07) is 8.61. The van der Waals surface area contributed by atoms with Crippen LogP contribution in [0.3, 0.4) is 0 Å². The van der Waals surface area contributed by atoms with Crippen LogP contribution in [-0.4, -0.2) is 0 Å². The van der Waals surface area contributed by atoms with Crippen molar-refractivity contribution >= 4 is 11.3 Å². The highest BCUT2D eigenvalue weighted by Gasteiger charge is 2.12. The zero-order valence-electron chi connectivity index (χ0n) is 9.95. The van der Waals surface area contributed by atoms with Gasteiger partial charge < -0.3 is 5.73 Å². The Kier molecular flexibility index (Phi) is 3.13. The summed E-state index contributed by atoms with van der Waals surface area (Å²) in [6.07, 6.45) is 0. The maximum Gasteiger partial charge on any atom is 0.0648 e. The highest BCUT2D eigenvalue weighted by Crippen LogP contribution is 2.28. The van der Waals surface area contributed by atoms with Crippen LogP contribution in [0.4, 0.5) is 0 Å². The van der Waals surface area contributed by atoms with Crippen LogP contribution < -0.4 is 5.73 Å². The molecule has 0 fully saturated rings. The zero-order chi connectivity index (χ0) is 11.7. The highest BCUT2D eigenvalue weighted by atomic mass is 32.1. The number of aryl methyl sites for hydroxylation is 3. The smallest absolute Gasteiger partial charge is 0.0648 e. The van der Waals surface area contributed by atoms with E-state index in [-0.39, 0.29) is 6.04 Å². The Bertz CT molecular complexity index is 499. The van der Waals surface area contributed by atoms with Crippen LogP contribution in [0.25, 0.3) is 0 Å². The summed E-state index contributed by atoms with van der Waals surface area (Å²) in [5.74, 6) is 0. The molecule has 1 atom stereocenters. The molecular formula is C14H17NS. The van der Waals surface area contributed by atoms with Crippen LogP contribution in [0.15, 0.2) is 29.6 Å². The van der Waals surface area contributed by atoms with Gasteiger partial charge >= 0.3 is 0 Å². The van der Waals surface area contributed by atoms with Crippen molar-refractivity contribution in [2.75, 3.05) is 0 Å². The lowest BCUT2D eigenvalue weighted by Crippen LogP contribution is -2.11. The molecule has 0 aliphatic heterocycles. The van der Waals surface area contributed by atoms with Gasteiger partial charge in [0, 0.05) is 4.88 Å². The molecule has 84 valence electrons. The zero-order valence-corrected chi connectivity index (χ0v) is 10.8. The van der Waals surface area contributed by atoms with Gasteiger partial charge in [0.1, 0.15) is 0 Å². The average molecular weight is 231 g/mol. The molecule has 0 saturated carbocycles. The van der Waals surface area contributed by atoms with Crippen molar-refractivity contribution in [3.8, 4) is 0 Å². The van der Waals surface area contributed by atoms with Crippen LogP contribution in [0.1, 0.15) is 33.2 Å². The van der Waals surface area contributed by atoms with Crippen LogP contribution in [-0.2, 0) is 0 Å². The molecule has 0 radical (unpaired) electrons. The first-order chi connectivity index (χ1) is 7.59. The van der Waals surface area contributed by atoms with E-state index in [0.717, 1.165) is 0 Å². The van der Waals surface area contributed by atoms with Crippen molar-refractivity contribution in [3.63, 3.8) is 0 Å². The number of hydrogen-bond acceptors (Lipinski definition) is 2. The minimum absolute atomic E-state index is 0.0132. The number of nitrogens with two attached hydrogens (primary N) is 1. The van der Waals surface area contributed by atoms with Gasteiger partial charge in [-0.05, 0) is 54.5 Å². The maximum atomic E-state index is 6.29. The van der Waals surface area contributed by atoms with Gasteiger partial charge in [-0.15, -0.1) is 11.3 Å². The fourth-order valence-corrected chi connectivity index (χ4v) is 2.77. The molecule has 0 bridgehead atoms. The first kappa shape index (κ1) is 11.4. The second-order valence-electron chi connectivity index (χ2n) is 4.29. The molecule has 16 heavy (non-hydrogen) atoms. The van der Waals surface area contributed by atoms with Crippen molar-refractivity contribution in [2.24, 2.45) is 5.73 Å². The van der Waals surface area contributed by atoms with Crippen LogP contribution in [0, 0.1) is 20.8 Å². The van der Waals surface area contributed by atoms with Gasteiger partial charge in [-0.25, -0.2) is 0 Å². The van der Waals surface area contributed by atoms with E-state index in [1.807, 2.05) is 0 Å². The molecular weight excluding hydrogens is 214 g/mol. The molecule has 0 aliphatic rings. The fourth-order valence-electron chi connectivity index (χ4n) is 1.81. The van der Waals surface area contributed by atoms with E-state index in [2.05, 4.69) is 50.4 Å². The Morgan fingerprint density at radius 3 is 2.31 bits per heavy atom. The van der Waals surface area contributed by atoms with Crippen molar-refractivity contribution in [3.05, 3.63) is 56.8 Å². The lowest BCUT2D eigenvalue weighted by molar-refractivity contribution is 0.882. The molecule has 2 rings (SSSR count). The highest BCUT2D eigenvalue weighted by molar-refractivity contribution is 7.10. The van der Waals surface area contributed by atoms with Crippen LogP contribution in [0.5, 0.6) is 0 Å². The number of benzene rings is 1. The van der Waals surface area contributed by atoms with E-state index >= 15 is 0 Å². The summed E-state index contributed by atoms with van der Waals surface area (Å²) in [6.45, 7) is 6.38. The molecule has 0 aliphatic carbocycles. The molecule has 1 unspecified atom stereocenters. The largest absolute Gasteiger partial charge is 0.320 e. The van der Waals surface area contributed by atoms with Gasteiger partial charge in [-0.1, -0.05) is 18.2 Å². The summed E-state index contributed by atoms with van der Waals surface area (Å²) < 4.78 is 0. The van der Waals surface area contributed by atoms with Crippen LogP contribution >= 0.6 is 11.3 Å². The van der Waals surface area contributed by atoms with E-state index in [1.165, 1.54) is 27.1 Å². The van der Waals surface area contributed by atoms with Gasteiger partial charge in [-0.3, -0.25) is 0 Å². The Morgan fingerprint density at radius 1 is 1.00 bits per heavy atom. The molecule has 2 heteroatoms. The standard InChI is InChI=1S/C14H17NS/c1-9-4-5-12(8-11(9)3)13(15)14-10(2)6-7-16-14/h4-8,13H,15H2,1-3H3. The molecule has 1 aromatic heterocycles. The quantitative estimate of drug-likeness (QED) is 0.837. The Labute approximate surface area is 101 Å². The third kappa shape index (κ3) is 2.04. The second-order valence-corrected chi connectivity index (χ2v) is 5.24. The first-order valence-electron chi connectivity index (χ1n) is 5.46.